The van der Waals surface area contributed by atoms with Crippen LogP contribution in [0, 0.1) is 0 Å². The lowest BCUT2D eigenvalue weighted by Gasteiger charge is -2.32. The molecule has 0 aromatic heterocycles. The van der Waals surface area contributed by atoms with Crippen molar-refractivity contribution < 1.29 is 22.6 Å². The number of hydrogen-bond donors (Lipinski definition) is 1. The smallest absolute Gasteiger partial charge is 0.381 e. The number of halogens is 3. The van der Waals surface area contributed by atoms with E-state index < -0.39 is 18.3 Å². The molecule has 2 N–H and O–H groups in total. The number of ether oxygens (including phenoxy) is 2. The third kappa shape index (κ3) is 4.26. The predicted octanol–water partition coefficient (Wildman–Crippen LogP) is 1.07. The van der Waals surface area contributed by atoms with Crippen molar-refractivity contribution in [1.29, 1.82) is 0 Å². The van der Waals surface area contributed by atoms with Crippen LogP contribution in [0.15, 0.2) is 0 Å². The summed E-state index contributed by atoms with van der Waals surface area (Å²) in [6.07, 6.45) is -3.18. The van der Waals surface area contributed by atoms with Gasteiger partial charge >= 0.3 is 6.18 Å². The first-order valence-electron chi connectivity index (χ1n) is 4.42. The van der Waals surface area contributed by atoms with Gasteiger partial charge in [0, 0.05) is 18.8 Å². The molecule has 84 valence electrons. The Balaban J connectivity index is 2.22. The number of alkyl halides is 3. The first-order chi connectivity index (χ1) is 6.41. The summed E-state index contributed by atoms with van der Waals surface area (Å²) in [4.78, 5) is 0. The number of hydrogen-bond acceptors (Lipinski definition) is 3. The van der Waals surface area contributed by atoms with Gasteiger partial charge in [0.2, 0.25) is 0 Å². The van der Waals surface area contributed by atoms with Crippen molar-refractivity contribution in [2.24, 2.45) is 5.73 Å². The Morgan fingerprint density at radius 1 is 1.29 bits per heavy atom. The lowest BCUT2D eigenvalue weighted by molar-refractivity contribution is -0.179. The van der Waals surface area contributed by atoms with Gasteiger partial charge in [-0.3, -0.25) is 0 Å². The molecule has 0 amide bonds. The zero-order chi connectivity index (χ0) is 10.7. The zero-order valence-corrected chi connectivity index (χ0v) is 7.77. The fourth-order valence-electron chi connectivity index (χ4n) is 1.29. The van der Waals surface area contributed by atoms with Crippen LogP contribution in [0.5, 0.6) is 0 Å². The van der Waals surface area contributed by atoms with Gasteiger partial charge in [0.25, 0.3) is 0 Å². The van der Waals surface area contributed by atoms with Gasteiger partial charge in [0.1, 0.15) is 6.61 Å². The maximum Gasteiger partial charge on any atom is 0.411 e. The van der Waals surface area contributed by atoms with Crippen molar-refractivity contribution in [3.8, 4) is 0 Å². The molecule has 0 bridgehead atoms. The zero-order valence-electron chi connectivity index (χ0n) is 7.77. The molecule has 0 aromatic carbocycles. The summed E-state index contributed by atoms with van der Waals surface area (Å²) in [5.74, 6) is 0. The normalized spacial score (nSPS) is 22.3. The minimum Gasteiger partial charge on any atom is -0.381 e. The Kier molecular flexibility index (Phi) is 3.74. The fraction of sp³-hybridized carbons (Fsp3) is 1.00. The highest BCUT2D eigenvalue weighted by Crippen LogP contribution is 2.20. The van der Waals surface area contributed by atoms with Crippen LogP contribution in [0.3, 0.4) is 0 Å². The van der Waals surface area contributed by atoms with Crippen LogP contribution >= 0.6 is 0 Å². The molecule has 14 heavy (non-hydrogen) atoms. The topological polar surface area (TPSA) is 44.5 Å². The van der Waals surface area contributed by atoms with E-state index in [0.29, 0.717) is 26.1 Å². The van der Waals surface area contributed by atoms with Gasteiger partial charge in [-0.15, -0.1) is 0 Å². The van der Waals surface area contributed by atoms with E-state index >= 15 is 0 Å². The second-order valence-corrected chi connectivity index (χ2v) is 3.58. The van der Waals surface area contributed by atoms with E-state index in [2.05, 4.69) is 4.74 Å². The van der Waals surface area contributed by atoms with Gasteiger partial charge in [0.15, 0.2) is 0 Å². The molecule has 3 nitrogen and oxygen atoms in total. The first-order valence-corrected chi connectivity index (χ1v) is 4.42. The van der Waals surface area contributed by atoms with Crippen molar-refractivity contribution in [2.45, 2.75) is 24.6 Å². The summed E-state index contributed by atoms with van der Waals surface area (Å²) < 4.78 is 44.8. The third-order valence-electron chi connectivity index (χ3n) is 2.14. The summed E-state index contributed by atoms with van der Waals surface area (Å²) in [5, 5.41) is 0. The minimum atomic E-state index is -4.28. The highest BCUT2D eigenvalue weighted by Gasteiger charge is 2.32. The van der Waals surface area contributed by atoms with Crippen molar-refractivity contribution >= 4 is 0 Å². The van der Waals surface area contributed by atoms with Crippen LogP contribution in [-0.2, 0) is 9.47 Å². The van der Waals surface area contributed by atoms with Gasteiger partial charge in [-0.25, -0.2) is 0 Å². The SMILES string of the molecule is NC1(COCC(F)(F)F)CCOCC1. The van der Waals surface area contributed by atoms with E-state index in [0.717, 1.165) is 0 Å². The molecule has 1 fully saturated rings. The fourth-order valence-corrected chi connectivity index (χ4v) is 1.29. The molecule has 1 heterocycles. The number of nitrogens with two attached hydrogens (primary N) is 1. The average molecular weight is 213 g/mol. The highest BCUT2D eigenvalue weighted by atomic mass is 19.4. The van der Waals surface area contributed by atoms with Crippen LogP contribution in [0.4, 0.5) is 13.2 Å². The lowest BCUT2D eigenvalue weighted by atomic mass is 9.92. The molecule has 0 spiro atoms. The Bertz CT molecular complexity index is 178. The molecule has 1 rings (SSSR count). The maximum absolute atomic E-state index is 11.7. The molecular formula is C8H14F3NO2. The van der Waals surface area contributed by atoms with Crippen LogP contribution < -0.4 is 5.73 Å². The standard InChI is InChI=1S/C8H14F3NO2/c9-8(10,11)6-14-5-7(12)1-3-13-4-2-7/h1-6,12H2. The second kappa shape index (κ2) is 4.46. The van der Waals surface area contributed by atoms with E-state index in [1.807, 2.05) is 0 Å². The van der Waals surface area contributed by atoms with Crippen molar-refractivity contribution in [1.82, 2.24) is 0 Å². The minimum absolute atomic E-state index is 0.0597. The molecular weight excluding hydrogens is 199 g/mol. The van der Waals surface area contributed by atoms with E-state index in [-0.39, 0.29) is 6.61 Å². The molecule has 1 saturated heterocycles. The molecule has 1 aliphatic rings. The summed E-state index contributed by atoms with van der Waals surface area (Å²) >= 11 is 0. The van der Waals surface area contributed by atoms with E-state index in [9.17, 15) is 13.2 Å². The summed E-state index contributed by atoms with van der Waals surface area (Å²) in [6.45, 7) is -0.305. The first kappa shape index (κ1) is 11.7. The monoisotopic (exact) mass is 213 g/mol. The molecule has 6 heteroatoms. The van der Waals surface area contributed by atoms with Gasteiger partial charge in [-0.1, -0.05) is 0 Å². The molecule has 0 atom stereocenters. The quantitative estimate of drug-likeness (QED) is 0.762. The van der Waals surface area contributed by atoms with E-state index in [1.54, 1.807) is 0 Å². The largest absolute Gasteiger partial charge is 0.411 e. The van der Waals surface area contributed by atoms with Crippen LogP contribution in [0.25, 0.3) is 0 Å². The van der Waals surface area contributed by atoms with E-state index in [4.69, 9.17) is 10.5 Å². The van der Waals surface area contributed by atoms with Crippen LogP contribution in [0.2, 0.25) is 0 Å². The average Bonchev–Trinajstić information content (AvgIpc) is 2.02. The van der Waals surface area contributed by atoms with Gasteiger partial charge in [-0.2, -0.15) is 13.2 Å². The summed E-state index contributed by atoms with van der Waals surface area (Å²) in [6, 6.07) is 0. The van der Waals surface area contributed by atoms with Gasteiger partial charge < -0.3 is 15.2 Å². The molecule has 0 unspecified atom stereocenters. The molecule has 0 saturated carbocycles. The van der Waals surface area contributed by atoms with Gasteiger partial charge in [-0.05, 0) is 12.8 Å². The third-order valence-corrected chi connectivity index (χ3v) is 2.14. The van der Waals surface area contributed by atoms with Gasteiger partial charge in [0.05, 0.1) is 6.61 Å². The molecule has 0 aliphatic carbocycles. The van der Waals surface area contributed by atoms with Crippen molar-refractivity contribution in [2.75, 3.05) is 26.4 Å². The predicted molar refractivity (Wildman–Crippen MR) is 43.8 cm³/mol. The summed E-state index contributed by atoms with van der Waals surface area (Å²) in [7, 11) is 0. The second-order valence-electron chi connectivity index (χ2n) is 3.58. The Hall–Kier alpha value is -0.330. The molecule has 0 aromatic rings. The molecule has 0 radical (unpaired) electrons. The molecule has 1 aliphatic heterocycles. The Morgan fingerprint density at radius 2 is 1.86 bits per heavy atom. The van der Waals surface area contributed by atoms with Crippen molar-refractivity contribution in [3.63, 3.8) is 0 Å². The highest BCUT2D eigenvalue weighted by molar-refractivity contribution is 4.86. The Labute approximate surface area is 80.4 Å². The summed E-state index contributed by atoms with van der Waals surface area (Å²) in [5.41, 5.74) is 5.17. The van der Waals surface area contributed by atoms with Crippen LogP contribution in [-0.4, -0.2) is 38.1 Å². The number of rotatable bonds is 3. The lowest BCUT2D eigenvalue weighted by Crippen LogP contribution is -2.49. The van der Waals surface area contributed by atoms with Crippen molar-refractivity contribution in [3.05, 3.63) is 0 Å². The maximum atomic E-state index is 11.7. The van der Waals surface area contributed by atoms with E-state index in [1.165, 1.54) is 0 Å². The van der Waals surface area contributed by atoms with Crippen LogP contribution in [0.1, 0.15) is 12.8 Å². The Morgan fingerprint density at radius 3 is 2.36 bits per heavy atom.